The Morgan fingerprint density at radius 1 is 1.18 bits per heavy atom. The predicted molar refractivity (Wildman–Crippen MR) is 76.0 cm³/mol. The molecule has 0 amide bonds. The van der Waals surface area contributed by atoms with E-state index in [2.05, 4.69) is 15.0 Å². The van der Waals surface area contributed by atoms with Gasteiger partial charge >= 0.3 is 0 Å². The molecule has 0 radical (unpaired) electrons. The summed E-state index contributed by atoms with van der Waals surface area (Å²) >= 11 is 0. The summed E-state index contributed by atoms with van der Waals surface area (Å²) in [5.41, 5.74) is -1.41. The lowest BCUT2D eigenvalue weighted by molar-refractivity contribution is -0.0164. The quantitative estimate of drug-likeness (QED) is 0.910. The van der Waals surface area contributed by atoms with Gasteiger partial charge in [0.1, 0.15) is 29.9 Å². The third kappa shape index (κ3) is 3.15. The SMILES string of the molecule is OC(CN1CCCC1)(Cn1cncn1)c1ccc(F)cc1F. The smallest absolute Gasteiger partial charge is 0.137 e. The Hall–Kier alpha value is -1.86. The predicted octanol–water partition coefficient (Wildman–Crippen LogP) is 1.54. The molecule has 1 aliphatic heterocycles. The van der Waals surface area contributed by atoms with Gasteiger partial charge < -0.3 is 10.0 Å². The molecule has 5 nitrogen and oxygen atoms in total. The molecule has 0 saturated carbocycles. The zero-order valence-corrected chi connectivity index (χ0v) is 12.1. The van der Waals surface area contributed by atoms with Crippen molar-refractivity contribution >= 4 is 0 Å². The van der Waals surface area contributed by atoms with Gasteiger partial charge in [-0.25, -0.2) is 18.4 Å². The van der Waals surface area contributed by atoms with E-state index in [1.54, 1.807) is 0 Å². The molecule has 1 aromatic heterocycles. The number of benzene rings is 1. The van der Waals surface area contributed by atoms with Gasteiger partial charge in [0.2, 0.25) is 0 Å². The lowest BCUT2D eigenvalue weighted by atomic mass is 9.92. The molecule has 1 fully saturated rings. The number of hydrogen-bond donors (Lipinski definition) is 1. The van der Waals surface area contributed by atoms with E-state index in [-0.39, 0.29) is 18.7 Å². The summed E-state index contributed by atoms with van der Waals surface area (Å²) in [6.45, 7) is 2.06. The summed E-state index contributed by atoms with van der Waals surface area (Å²) in [4.78, 5) is 5.92. The number of β-amino-alcohol motifs (C(OH)–C–C–N with tert-alkyl or cyclic N) is 1. The van der Waals surface area contributed by atoms with E-state index in [1.165, 1.54) is 23.4 Å². The number of halogens is 2. The minimum absolute atomic E-state index is 0.0616. The molecule has 118 valence electrons. The average molecular weight is 308 g/mol. The van der Waals surface area contributed by atoms with E-state index in [0.717, 1.165) is 38.1 Å². The van der Waals surface area contributed by atoms with Crippen molar-refractivity contribution in [3.05, 3.63) is 48.1 Å². The lowest BCUT2D eigenvalue weighted by Gasteiger charge is -2.33. The molecule has 1 N–H and O–H groups in total. The molecule has 1 aliphatic rings. The highest BCUT2D eigenvalue weighted by atomic mass is 19.1. The molecule has 2 aromatic rings. The van der Waals surface area contributed by atoms with Crippen molar-refractivity contribution in [3.8, 4) is 0 Å². The third-order valence-corrected chi connectivity index (χ3v) is 4.01. The van der Waals surface area contributed by atoms with Crippen LogP contribution in [0, 0.1) is 11.6 Å². The van der Waals surface area contributed by atoms with Crippen LogP contribution < -0.4 is 0 Å². The van der Waals surface area contributed by atoms with Crippen LogP contribution in [0.15, 0.2) is 30.9 Å². The van der Waals surface area contributed by atoms with Crippen molar-refractivity contribution in [2.75, 3.05) is 19.6 Å². The highest BCUT2D eigenvalue weighted by Gasteiger charge is 2.36. The zero-order chi connectivity index (χ0) is 15.6. The number of likely N-dealkylation sites (tertiary alicyclic amines) is 1. The second-order valence-corrected chi connectivity index (χ2v) is 5.73. The molecule has 1 unspecified atom stereocenters. The molecular formula is C15H18F2N4O. The second kappa shape index (κ2) is 6.10. The summed E-state index contributed by atoms with van der Waals surface area (Å²) in [6.07, 6.45) is 4.95. The molecule has 0 bridgehead atoms. The van der Waals surface area contributed by atoms with Crippen molar-refractivity contribution in [3.63, 3.8) is 0 Å². The third-order valence-electron chi connectivity index (χ3n) is 4.01. The maximum Gasteiger partial charge on any atom is 0.137 e. The molecule has 1 saturated heterocycles. The Bertz CT molecular complexity index is 628. The lowest BCUT2D eigenvalue weighted by Crippen LogP contribution is -2.43. The second-order valence-electron chi connectivity index (χ2n) is 5.73. The molecule has 0 spiro atoms. The van der Waals surface area contributed by atoms with Crippen molar-refractivity contribution in [2.45, 2.75) is 25.0 Å². The first-order valence-electron chi connectivity index (χ1n) is 7.29. The Labute approximate surface area is 127 Å². The highest BCUT2D eigenvalue weighted by Crippen LogP contribution is 2.28. The van der Waals surface area contributed by atoms with E-state index in [0.29, 0.717) is 0 Å². The fraction of sp³-hybridized carbons (Fsp3) is 0.467. The van der Waals surface area contributed by atoms with Crippen LogP contribution in [0.2, 0.25) is 0 Å². The van der Waals surface area contributed by atoms with Crippen LogP contribution in [0.4, 0.5) is 8.78 Å². The molecular weight excluding hydrogens is 290 g/mol. The van der Waals surface area contributed by atoms with Crippen molar-refractivity contribution < 1.29 is 13.9 Å². The monoisotopic (exact) mass is 308 g/mol. The van der Waals surface area contributed by atoms with Crippen LogP contribution >= 0.6 is 0 Å². The first-order valence-corrected chi connectivity index (χ1v) is 7.29. The Kier molecular flexibility index (Phi) is 4.17. The van der Waals surface area contributed by atoms with Gasteiger partial charge in [-0.1, -0.05) is 6.07 Å². The Morgan fingerprint density at radius 3 is 2.59 bits per heavy atom. The van der Waals surface area contributed by atoms with Crippen molar-refractivity contribution in [1.29, 1.82) is 0 Å². The first-order chi connectivity index (χ1) is 10.6. The largest absolute Gasteiger partial charge is 0.382 e. The number of aliphatic hydroxyl groups is 1. The molecule has 0 aliphatic carbocycles. The van der Waals surface area contributed by atoms with Gasteiger partial charge in [-0.15, -0.1) is 0 Å². The molecule has 7 heteroatoms. The van der Waals surface area contributed by atoms with E-state index >= 15 is 0 Å². The first kappa shape index (κ1) is 15.1. The van der Waals surface area contributed by atoms with Crippen LogP contribution in [-0.4, -0.2) is 44.4 Å². The van der Waals surface area contributed by atoms with E-state index in [9.17, 15) is 13.9 Å². The molecule has 2 heterocycles. The molecule has 1 aromatic carbocycles. The fourth-order valence-corrected chi connectivity index (χ4v) is 2.98. The van der Waals surface area contributed by atoms with Crippen LogP contribution in [0.25, 0.3) is 0 Å². The van der Waals surface area contributed by atoms with E-state index < -0.39 is 17.2 Å². The van der Waals surface area contributed by atoms with Crippen LogP contribution in [0.1, 0.15) is 18.4 Å². The maximum atomic E-state index is 14.2. The summed E-state index contributed by atoms with van der Waals surface area (Å²) < 4.78 is 28.8. The number of rotatable bonds is 5. The van der Waals surface area contributed by atoms with Crippen LogP contribution in [-0.2, 0) is 12.1 Å². The van der Waals surface area contributed by atoms with Crippen molar-refractivity contribution in [1.82, 2.24) is 19.7 Å². The van der Waals surface area contributed by atoms with Crippen LogP contribution in [0.3, 0.4) is 0 Å². The Morgan fingerprint density at radius 2 is 1.95 bits per heavy atom. The number of nitrogens with zero attached hydrogens (tertiary/aromatic N) is 4. The van der Waals surface area contributed by atoms with Gasteiger partial charge in [0.15, 0.2) is 0 Å². The number of hydrogen-bond acceptors (Lipinski definition) is 4. The van der Waals surface area contributed by atoms with E-state index in [4.69, 9.17) is 0 Å². The van der Waals surface area contributed by atoms with Crippen molar-refractivity contribution in [2.24, 2.45) is 0 Å². The van der Waals surface area contributed by atoms with Gasteiger partial charge in [-0.05, 0) is 32.0 Å². The molecule has 1 atom stereocenters. The topological polar surface area (TPSA) is 54.2 Å². The summed E-state index contributed by atoms with van der Waals surface area (Å²) in [7, 11) is 0. The van der Waals surface area contributed by atoms with E-state index in [1.807, 2.05) is 0 Å². The maximum absolute atomic E-state index is 14.2. The average Bonchev–Trinajstić information content (AvgIpc) is 3.12. The highest BCUT2D eigenvalue weighted by molar-refractivity contribution is 5.25. The molecule has 22 heavy (non-hydrogen) atoms. The van der Waals surface area contributed by atoms with Gasteiger partial charge in [0.05, 0.1) is 6.54 Å². The van der Waals surface area contributed by atoms with Gasteiger partial charge in [0.25, 0.3) is 0 Å². The zero-order valence-electron chi connectivity index (χ0n) is 12.1. The van der Waals surface area contributed by atoms with Gasteiger partial charge in [0, 0.05) is 18.2 Å². The molecule has 3 rings (SSSR count). The van der Waals surface area contributed by atoms with Gasteiger partial charge in [-0.3, -0.25) is 0 Å². The van der Waals surface area contributed by atoms with Gasteiger partial charge in [-0.2, -0.15) is 5.10 Å². The summed E-state index contributed by atoms with van der Waals surface area (Å²) in [6, 6.07) is 3.26. The normalized spacial score (nSPS) is 18.5. The fourth-order valence-electron chi connectivity index (χ4n) is 2.98. The Balaban J connectivity index is 1.93. The standard InChI is InChI=1S/C15H18F2N4O/c16-12-3-4-13(14(17)7-12)15(22,8-20-5-1-2-6-20)9-21-11-18-10-19-21/h3-4,7,10-11,22H,1-2,5-6,8-9H2. The number of aromatic nitrogens is 3. The minimum atomic E-state index is -1.49. The summed E-state index contributed by atoms with van der Waals surface area (Å²) in [5, 5.41) is 15.1. The summed E-state index contributed by atoms with van der Waals surface area (Å²) in [5.74, 6) is -1.41. The van der Waals surface area contributed by atoms with Crippen LogP contribution in [0.5, 0.6) is 0 Å². The minimum Gasteiger partial charge on any atom is -0.382 e.